The molecule has 0 amide bonds. The first-order valence-electron chi connectivity index (χ1n) is 6.78. The zero-order valence-corrected chi connectivity index (χ0v) is 11.2. The molecule has 1 saturated heterocycles. The SMILES string of the molecule is CCCCC[C@H](O)/C=C/[C@H]1OC(=O)C[C@H](O)C1C. The summed E-state index contributed by atoms with van der Waals surface area (Å²) in [6.45, 7) is 3.96. The lowest BCUT2D eigenvalue weighted by molar-refractivity contribution is -0.162. The minimum Gasteiger partial charge on any atom is -0.458 e. The molecular weight excluding hydrogens is 232 g/mol. The van der Waals surface area contributed by atoms with Gasteiger partial charge in [0, 0.05) is 5.92 Å². The van der Waals surface area contributed by atoms with Gasteiger partial charge >= 0.3 is 5.97 Å². The van der Waals surface area contributed by atoms with Gasteiger partial charge in [-0.2, -0.15) is 0 Å². The number of hydrogen-bond acceptors (Lipinski definition) is 4. The third-order valence-electron chi connectivity index (χ3n) is 3.39. The van der Waals surface area contributed by atoms with Crippen molar-refractivity contribution < 1.29 is 19.7 Å². The van der Waals surface area contributed by atoms with Gasteiger partial charge in [-0.25, -0.2) is 0 Å². The molecule has 2 N–H and O–H groups in total. The number of aliphatic hydroxyl groups is 2. The predicted molar refractivity (Wildman–Crippen MR) is 69.0 cm³/mol. The van der Waals surface area contributed by atoms with E-state index in [1.165, 1.54) is 0 Å². The summed E-state index contributed by atoms with van der Waals surface area (Å²) in [4.78, 5) is 11.2. The van der Waals surface area contributed by atoms with Crippen molar-refractivity contribution >= 4 is 5.97 Å². The summed E-state index contributed by atoms with van der Waals surface area (Å²) in [5.41, 5.74) is 0. The van der Waals surface area contributed by atoms with Crippen LogP contribution in [0.25, 0.3) is 0 Å². The minimum atomic E-state index is -0.655. The maximum atomic E-state index is 11.2. The number of carbonyl (C=O) groups excluding carboxylic acids is 1. The Bertz CT molecular complexity index is 288. The quantitative estimate of drug-likeness (QED) is 0.432. The lowest BCUT2D eigenvalue weighted by Gasteiger charge is -2.30. The van der Waals surface area contributed by atoms with Crippen LogP contribution in [-0.2, 0) is 9.53 Å². The second-order valence-corrected chi connectivity index (χ2v) is 5.03. The Morgan fingerprint density at radius 3 is 2.89 bits per heavy atom. The van der Waals surface area contributed by atoms with E-state index < -0.39 is 18.3 Å². The molecule has 0 bridgehead atoms. The molecule has 4 nitrogen and oxygen atoms in total. The Kier molecular flexibility index (Phi) is 6.36. The van der Waals surface area contributed by atoms with E-state index in [0.29, 0.717) is 0 Å². The monoisotopic (exact) mass is 256 g/mol. The fraction of sp³-hybridized carbons (Fsp3) is 0.786. The second-order valence-electron chi connectivity index (χ2n) is 5.03. The van der Waals surface area contributed by atoms with Crippen LogP contribution in [-0.4, -0.2) is 34.5 Å². The zero-order valence-electron chi connectivity index (χ0n) is 11.2. The fourth-order valence-corrected chi connectivity index (χ4v) is 2.03. The van der Waals surface area contributed by atoms with Gasteiger partial charge in [0.05, 0.1) is 18.6 Å². The molecule has 4 heteroatoms. The van der Waals surface area contributed by atoms with Crippen LogP contribution in [0, 0.1) is 5.92 Å². The molecule has 0 radical (unpaired) electrons. The van der Waals surface area contributed by atoms with E-state index in [4.69, 9.17) is 4.74 Å². The maximum absolute atomic E-state index is 11.2. The van der Waals surface area contributed by atoms with Crippen molar-refractivity contribution in [2.45, 2.75) is 64.3 Å². The molecule has 1 aliphatic heterocycles. The Morgan fingerprint density at radius 2 is 2.22 bits per heavy atom. The summed E-state index contributed by atoms with van der Waals surface area (Å²) in [5.74, 6) is -0.502. The third kappa shape index (κ3) is 4.78. The van der Waals surface area contributed by atoms with E-state index in [2.05, 4.69) is 6.92 Å². The summed E-state index contributed by atoms with van der Waals surface area (Å²) in [6, 6.07) is 0. The Hall–Kier alpha value is -0.870. The highest BCUT2D eigenvalue weighted by atomic mass is 16.5. The van der Waals surface area contributed by atoms with Crippen molar-refractivity contribution in [3.05, 3.63) is 12.2 Å². The molecule has 4 atom stereocenters. The normalized spacial score (nSPS) is 30.4. The van der Waals surface area contributed by atoms with Gasteiger partial charge in [0.2, 0.25) is 0 Å². The Labute approximate surface area is 109 Å². The molecule has 0 aromatic heterocycles. The lowest BCUT2D eigenvalue weighted by atomic mass is 9.92. The molecule has 1 fully saturated rings. The highest BCUT2D eigenvalue weighted by Crippen LogP contribution is 2.23. The van der Waals surface area contributed by atoms with Crippen LogP contribution in [0.4, 0.5) is 0 Å². The van der Waals surface area contributed by atoms with Crippen molar-refractivity contribution in [1.82, 2.24) is 0 Å². The molecule has 1 heterocycles. The molecule has 0 aromatic carbocycles. The number of rotatable bonds is 6. The molecule has 0 aliphatic carbocycles. The van der Waals surface area contributed by atoms with Crippen LogP contribution in [0.5, 0.6) is 0 Å². The maximum Gasteiger partial charge on any atom is 0.309 e. The number of carbonyl (C=O) groups is 1. The van der Waals surface area contributed by atoms with Gasteiger partial charge in [-0.15, -0.1) is 0 Å². The van der Waals surface area contributed by atoms with E-state index in [-0.39, 0.29) is 18.3 Å². The molecule has 0 aromatic rings. The zero-order chi connectivity index (χ0) is 13.5. The molecular formula is C14H24O4. The second kappa shape index (κ2) is 7.54. The van der Waals surface area contributed by atoms with E-state index in [1.807, 2.05) is 6.92 Å². The van der Waals surface area contributed by atoms with Gasteiger partial charge in [-0.1, -0.05) is 39.2 Å². The van der Waals surface area contributed by atoms with Gasteiger partial charge in [0.1, 0.15) is 6.10 Å². The van der Waals surface area contributed by atoms with Gasteiger partial charge in [-0.3, -0.25) is 4.79 Å². The summed E-state index contributed by atoms with van der Waals surface area (Å²) in [7, 11) is 0. The number of hydrogen-bond donors (Lipinski definition) is 2. The topological polar surface area (TPSA) is 66.8 Å². The standard InChI is InChI=1S/C14H24O4/c1-3-4-5-6-11(15)7-8-13-10(2)12(16)9-14(17)18-13/h7-8,10-13,15-16H,3-6,9H2,1-2H3/b8-7+/t10?,11-,12-,13+/m0/s1. The van der Waals surface area contributed by atoms with E-state index in [9.17, 15) is 15.0 Å². The van der Waals surface area contributed by atoms with Crippen LogP contribution in [0.15, 0.2) is 12.2 Å². The first kappa shape index (κ1) is 15.2. The van der Waals surface area contributed by atoms with Crippen molar-refractivity contribution in [3.63, 3.8) is 0 Å². The van der Waals surface area contributed by atoms with E-state index in [0.717, 1.165) is 25.7 Å². The van der Waals surface area contributed by atoms with Gasteiger partial charge in [-0.05, 0) is 12.5 Å². The first-order chi connectivity index (χ1) is 8.54. The molecule has 0 spiro atoms. The van der Waals surface area contributed by atoms with Gasteiger partial charge in [0.25, 0.3) is 0 Å². The average molecular weight is 256 g/mol. The summed E-state index contributed by atoms with van der Waals surface area (Å²) in [6.07, 6.45) is 5.79. The van der Waals surface area contributed by atoms with Crippen molar-refractivity contribution in [2.24, 2.45) is 5.92 Å². The Morgan fingerprint density at radius 1 is 1.50 bits per heavy atom. The Balaban J connectivity index is 2.41. The molecule has 1 unspecified atom stereocenters. The van der Waals surface area contributed by atoms with Gasteiger partial charge in [0.15, 0.2) is 0 Å². The van der Waals surface area contributed by atoms with Crippen LogP contribution in [0.3, 0.4) is 0 Å². The molecule has 0 saturated carbocycles. The number of cyclic esters (lactones) is 1. The summed E-state index contributed by atoms with van der Waals surface area (Å²) < 4.78 is 5.15. The third-order valence-corrected chi connectivity index (χ3v) is 3.39. The largest absolute Gasteiger partial charge is 0.458 e. The van der Waals surface area contributed by atoms with Crippen LogP contribution in [0.2, 0.25) is 0 Å². The van der Waals surface area contributed by atoms with Crippen molar-refractivity contribution in [3.8, 4) is 0 Å². The average Bonchev–Trinajstić information content (AvgIpc) is 2.32. The smallest absolute Gasteiger partial charge is 0.309 e. The highest BCUT2D eigenvalue weighted by molar-refractivity contribution is 5.71. The number of esters is 1. The number of unbranched alkanes of at least 4 members (excludes halogenated alkanes) is 2. The molecule has 18 heavy (non-hydrogen) atoms. The van der Waals surface area contributed by atoms with Crippen LogP contribution >= 0.6 is 0 Å². The van der Waals surface area contributed by atoms with Crippen molar-refractivity contribution in [2.75, 3.05) is 0 Å². The number of aliphatic hydroxyl groups excluding tert-OH is 2. The molecule has 1 rings (SSSR count). The van der Waals surface area contributed by atoms with Gasteiger partial charge < -0.3 is 14.9 Å². The molecule has 104 valence electrons. The minimum absolute atomic E-state index is 0.0601. The van der Waals surface area contributed by atoms with E-state index >= 15 is 0 Å². The van der Waals surface area contributed by atoms with Crippen molar-refractivity contribution in [1.29, 1.82) is 0 Å². The lowest BCUT2D eigenvalue weighted by Crippen LogP contribution is -2.39. The van der Waals surface area contributed by atoms with Crippen LogP contribution < -0.4 is 0 Å². The first-order valence-corrected chi connectivity index (χ1v) is 6.78. The van der Waals surface area contributed by atoms with Crippen LogP contribution in [0.1, 0.15) is 46.0 Å². The predicted octanol–water partition coefficient (Wildman–Crippen LogP) is 1.80. The summed E-state index contributed by atoms with van der Waals surface area (Å²) in [5, 5.41) is 19.4. The summed E-state index contributed by atoms with van der Waals surface area (Å²) >= 11 is 0. The van der Waals surface area contributed by atoms with E-state index in [1.54, 1.807) is 12.2 Å². The fourth-order valence-electron chi connectivity index (χ4n) is 2.03. The number of ether oxygens (including phenoxy) is 1. The highest BCUT2D eigenvalue weighted by Gasteiger charge is 2.32. The molecule has 1 aliphatic rings.